The summed E-state index contributed by atoms with van der Waals surface area (Å²) in [6.45, 7) is 11.9. The normalized spacial score (nSPS) is 17.5. The number of allylic oxidation sites excluding steroid dienone is 1. The summed E-state index contributed by atoms with van der Waals surface area (Å²) in [5, 5.41) is 2.16. The molecule has 1 aliphatic carbocycles. The fourth-order valence-electron chi connectivity index (χ4n) is 4.07. The van der Waals surface area contributed by atoms with Crippen LogP contribution in [0.4, 0.5) is 0 Å². The maximum absolute atomic E-state index is 5.15. The monoisotopic (exact) mass is 414 g/mol. The molecule has 0 unspecified atom stereocenters. The van der Waals surface area contributed by atoms with Crippen LogP contribution in [0.25, 0.3) is 22.2 Å². The number of thiol groups is 1. The van der Waals surface area contributed by atoms with Crippen LogP contribution in [0.2, 0.25) is 0 Å². The molecule has 27 heavy (non-hydrogen) atoms. The predicted octanol–water partition coefficient (Wildman–Crippen LogP) is 6.51. The van der Waals surface area contributed by atoms with Crippen LogP contribution >= 0.6 is 35.9 Å². The maximum atomic E-state index is 5.15. The van der Waals surface area contributed by atoms with E-state index < -0.39 is 0 Å². The Kier molecular flexibility index (Phi) is 5.32. The third-order valence-electron chi connectivity index (χ3n) is 5.46. The number of nitrogens with zero attached hydrogens (tertiary/aromatic N) is 1. The smallest absolute Gasteiger partial charge is 0.0857 e. The molecule has 0 amide bonds. The molecule has 2 aromatic rings. The van der Waals surface area contributed by atoms with Crippen LogP contribution in [-0.2, 0) is 25.1 Å². The lowest BCUT2D eigenvalue weighted by Crippen LogP contribution is -2.21. The van der Waals surface area contributed by atoms with Crippen molar-refractivity contribution in [3.8, 4) is 10.6 Å². The van der Waals surface area contributed by atoms with Gasteiger partial charge in [0.05, 0.1) is 16.3 Å². The van der Waals surface area contributed by atoms with E-state index in [1.807, 2.05) is 23.1 Å². The Morgan fingerprint density at radius 3 is 2.96 bits per heavy atom. The van der Waals surface area contributed by atoms with Crippen LogP contribution in [0, 0.1) is 5.41 Å². The second-order valence-electron chi connectivity index (χ2n) is 8.31. The predicted molar refractivity (Wildman–Crippen MR) is 124 cm³/mol. The number of aromatic nitrogens is 1. The van der Waals surface area contributed by atoms with Crippen molar-refractivity contribution in [2.45, 2.75) is 52.3 Å². The number of aryl methyl sites for hydroxylation is 1. The number of thiophene rings is 1. The van der Waals surface area contributed by atoms with E-state index in [4.69, 9.17) is 4.98 Å². The van der Waals surface area contributed by atoms with Gasteiger partial charge in [0.1, 0.15) is 0 Å². The van der Waals surface area contributed by atoms with Crippen molar-refractivity contribution in [1.82, 2.24) is 9.71 Å². The van der Waals surface area contributed by atoms with E-state index >= 15 is 0 Å². The minimum atomic E-state index is 0.357. The number of pyridine rings is 1. The first-order valence-electron chi connectivity index (χ1n) is 9.38. The average Bonchev–Trinajstić information content (AvgIpc) is 2.98. The number of hydrogen-bond acceptors (Lipinski definition) is 5. The second-order valence-corrected chi connectivity index (χ2v) is 10.6. The quantitative estimate of drug-likeness (QED) is 0.558. The van der Waals surface area contributed by atoms with Gasteiger partial charge in [-0.25, -0.2) is 0 Å². The fourth-order valence-corrected chi connectivity index (χ4v) is 6.39. The Labute approximate surface area is 176 Å². The van der Waals surface area contributed by atoms with E-state index in [-0.39, 0.29) is 0 Å². The molecule has 0 aromatic carbocycles. The van der Waals surface area contributed by atoms with Crippen molar-refractivity contribution < 1.29 is 0 Å². The minimum absolute atomic E-state index is 0.357. The Bertz CT molecular complexity index is 938. The molecule has 1 N–H and O–H groups in total. The van der Waals surface area contributed by atoms with Crippen molar-refractivity contribution in [3.63, 3.8) is 0 Å². The molecule has 2 nitrogen and oxygen atoms in total. The third kappa shape index (κ3) is 3.67. The van der Waals surface area contributed by atoms with Crippen molar-refractivity contribution in [2.75, 3.05) is 0 Å². The molecule has 1 aliphatic heterocycles. The van der Waals surface area contributed by atoms with Crippen LogP contribution in [0.3, 0.4) is 0 Å². The second kappa shape index (κ2) is 7.43. The largest absolute Gasteiger partial charge is 0.262 e. The van der Waals surface area contributed by atoms with Crippen molar-refractivity contribution in [1.29, 1.82) is 0 Å². The molecule has 0 saturated heterocycles. The van der Waals surface area contributed by atoms with Crippen LogP contribution in [0.15, 0.2) is 18.1 Å². The van der Waals surface area contributed by atoms with Gasteiger partial charge in [0.15, 0.2) is 0 Å². The van der Waals surface area contributed by atoms with Gasteiger partial charge in [-0.05, 0) is 71.4 Å². The van der Waals surface area contributed by atoms with Crippen molar-refractivity contribution in [3.05, 3.63) is 50.9 Å². The lowest BCUT2D eigenvalue weighted by atomic mass is 9.75. The number of fused-ring (bicyclic) bond motifs is 2. The zero-order valence-corrected chi connectivity index (χ0v) is 18.7. The highest BCUT2D eigenvalue weighted by Gasteiger charge is 2.31. The van der Waals surface area contributed by atoms with Gasteiger partial charge in [0.25, 0.3) is 0 Å². The summed E-state index contributed by atoms with van der Waals surface area (Å²) in [6.07, 6.45) is 5.71. The highest BCUT2D eigenvalue weighted by atomic mass is 32.2. The fraction of sp³-hybridized carbons (Fsp3) is 0.409. The van der Waals surface area contributed by atoms with E-state index in [2.05, 4.69) is 62.4 Å². The van der Waals surface area contributed by atoms with E-state index in [1.165, 1.54) is 44.1 Å². The van der Waals surface area contributed by atoms with Crippen LogP contribution in [0.1, 0.15) is 60.0 Å². The summed E-state index contributed by atoms with van der Waals surface area (Å²) < 4.78 is 3.03. The van der Waals surface area contributed by atoms with Crippen LogP contribution < -0.4 is 4.72 Å². The first-order chi connectivity index (χ1) is 12.9. The molecule has 4 rings (SSSR count). The molecule has 5 heteroatoms. The summed E-state index contributed by atoms with van der Waals surface area (Å²) in [5.41, 5.74) is 9.10. The SMILES string of the molecule is C=C(C)c1c(-c2nc3c(cc2CNS)C=CSC3)sc2c1CC(C)(C)CC2. The summed E-state index contributed by atoms with van der Waals surface area (Å²) in [5.74, 6) is 0.938. The molecular weight excluding hydrogens is 388 g/mol. The molecule has 2 aromatic heterocycles. The molecule has 0 atom stereocenters. The number of rotatable bonds is 4. The highest BCUT2D eigenvalue weighted by Crippen LogP contribution is 2.47. The Hall–Kier alpha value is -1.01. The lowest BCUT2D eigenvalue weighted by molar-refractivity contribution is 0.317. The van der Waals surface area contributed by atoms with E-state index in [0.29, 0.717) is 12.0 Å². The van der Waals surface area contributed by atoms with Gasteiger partial charge in [-0.2, -0.15) is 0 Å². The summed E-state index contributed by atoms with van der Waals surface area (Å²) in [4.78, 5) is 7.97. The summed E-state index contributed by atoms with van der Waals surface area (Å²) in [6, 6.07) is 2.28. The zero-order chi connectivity index (χ0) is 19.2. The van der Waals surface area contributed by atoms with Crippen LogP contribution in [0.5, 0.6) is 0 Å². The van der Waals surface area contributed by atoms with Gasteiger partial charge >= 0.3 is 0 Å². The maximum Gasteiger partial charge on any atom is 0.0857 e. The molecule has 142 valence electrons. The summed E-state index contributed by atoms with van der Waals surface area (Å²) >= 11 is 8.01. The first kappa shape index (κ1) is 19.3. The van der Waals surface area contributed by atoms with E-state index in [1.54, 1.807) is 0 Å². The van der Waals surface area contributed by atoms with Crippen LogP contribution in [-0.4, -0.2) is 4.98 Å². The third-order valence-corrected chi connectivity index (χ3v) is 7.69. The Balaban J connectivity index is 1.92. The number of thioether (sulfide) groups is 1. The van der Waals surface area contributed by atoms with Gasteiger partial charge in [-0.3, -0.25) is 9.71 Å². The highest BCUT2D eigenvalue weighted by molar-refractivity contribution is 8.01. The minimum Gasteiger partial charge on any atom is -0.262 e. The first-order valence-corrected chi connectivity index (χ1v) is 11.7. The zero-order valence-electron chi connectivity index (χ0n) is 16.2. The molecule has 2 aliphatic rings. The van der Waals surface area contributed by atoms with Crippen molar-refractivity contribution >= 4 is 47.6 Å². The average molecular weight is 415 g/mol. The van der Waals surface area contributed by atoms with Gasteiger partial charge < -0.3 is 0 Å². The molecule has 0 fully saturated rings. The lowest BCUT2D eigenvalue weighted by Gasteiger charge is -2.30. The number of hydrogen-bond donors (Lipinski definition) is 2. The number of nitrogens with one attached hydrogen (secondary N) is 1. The molecular formula is C22H26N2S3. The summed E-state index contributed by atoms with van der Waals surface area (Å²) in [7, 11) is 0. The van der Waals surface area contributed by atoms with Gasteiger partial charge in [0.2, 0.25) is 0 Å². The van der Waals surface area contributed by atoms with Gasteiger partial charge in [-0.15, -0.1) is 23.1 Å². The van der Waals surface area contributed by atoms with Crippen molar-refractivity contribution in [2.24, 2.45) is 5.41 Å². The van der Waals surface area contributed by atoms with E-state index in [0.717, 1.165) is 29.9 Å². The molecule has 3 heterocycles. The van der Waals surface area contributed by atoms with Gasteiger partial charge in [-0.1, -0.05) is 33.2 Å². The molecule has 0 bridgehead atoms. The van der Waals surface area contributed by atoms with E-state index in [9.17, 15) is 0 Å². The molecule has 0 saturated carbocycles. The molecule has 0 spiro atoms. The standard InChI is InChI=1S/C22H26N2S3/c1-13(2)19-16-10-22(3,4)7-5-18(16)27-21(19)20-15(11-23-25)9-14-6-8-26-12-17(14)24-20/h6,8-9,23,25H,1,5,7,10-12H2,2-4H3. The molecule has 0 radical (unpaired) electrons. The Morgan fingerprint density at radius 2 is 2.22 bits per heavy atom. The Morgan fingerprint density at radius 1 is 1.41 bits per heavy atom. The van der Waals surface area contributed by atoms with Gasteiger partial charge in [0, 0.05) is 22.7 Å². The topological polar surface area (TPSA) is 24.9 Å².